The Labute approximate surface area is 123 Å². The number of halogens is 3. The number of nitrogens with two attached hydrogens (primary N) is 1. The molecule has 4 nitrogen and oxygen atoms in total. The quantitative estimate of drug-likeness (QED) is 0.934. The van der Waals surface area contributed by atoms with E-state index >= 15 is 0 Å². The van der Waals surface area contributed by atoms with E-state index in [1.54, 1.807) is 0 Å². The second kappa shape index (κ2) is 5.51. The zero-order valence-electron chi connectivity index (χ0n) is 12.7. The molecule has 120 valence electrons. The fourth-order valence-corrected chi connectivity index (χ4v) is 2.88. The van der Waals surface area contributed by atoms with Crippen LogP contribution in [0.5, 0.6) is 0 Å². The first-order valence-electron chi connectivity index (χ1n) is 7.17. The molecule has 1 aliphatic heterocycles. The lowest BCUT2D eigenvalue weighted by molar-refractivity contribution is -0.143. The molecular weight excluding hydrogens is 281 g/mol. The van der Waals surface area contributed by atoms with E-state index in [0.717, 1.165) is 12.1 Å². The summed E-state index contributed by atoms with van der Waals surface area (Å²) in [6, 6.07) is 1.85. The van der Waals surface area contributed by atoms with Crippen LogP contribution in [0.15, 0.2) is 6.07 Å². The number of anilines is 1. The summed E-state index contributed by atoms with van der Waals surface area (Å²) >= 11 is 0. The highest BCUT2D eigenvalue weighted by molar-refractivity contribution is 5.32. The molecule has 0 spiro atoms. The summed E-state index contributed by atoms with van der Waals surface area (Å²) in [6.45, 7) is 6.98. The minimum absolute atomic E-state index is 0.0884. The second-order valence-electron chi connectivity index (χ2n) is 6.89. The van der Waals surface area contributed by atoms with Crippen molar-refractivity contribution in [2.75, 3.05) is 25.4 Å². The number of hydrogen-bond donors (Lipinski definition) is 1. The third-order valence-electron chi connectivity index (χ3n) is 3.77. The number of rotatable bonds is 3. The van der Waals surface area contributed by atoms with Gasteiger partial charge in [0.15, 0.2) is 0 Å². The molecule has 21 heavy (non-hydrogen) atoms. The summed E-state index contributed by atoms with van der Waals surface area (Å²) in [6.07, 6.45) is -3.36. The standard InChI is InChI=1S/C14H23F3N4/c1-13(2,3)11-6-12(18)19-21(11)8-10-4-5-20(7-10)9-14(15,16)17/h6,10H,4-5,7-9H2,1-3H3,(H2,18,19). The summed E-state index contributed by atoms with van der Waals surface area (Å²) in [5.41, 5.74) is 6.70. The van der Waals surface area contributed by atoms with Crippen molar-refractivity contribution < 1.29 is 13.2 Å². The second-order valence-corrected chi connectivity index (χ2v) is 6.89. The van der Waals surface area contributed by atoms with Gasteiger partial charge in [0.2, 0.25) is 0 Å². The molecule has 1 fully saturated rings. The van der Waals surface area contributed by atoms with Gasteiger partial charge in [0, 0.05) is 30.3 Å². The van der Waals surface area contributed by atoms with Crippen molar-refractivity contribution in [3.8, 4) is 0 Å². The minimum Gasteiger partial charge on any atom is -0.382 e. The Balaban J connectivity index is 2.01. The first-order valence-corrected chi connectivity index (χ1v) is 7.17. The lowest BCUT2D eigenvalue weighted by Crippen LogP contribution is -2.33. The van der Waals surface area contributed by atoms with E-state index in [9.17, 15) is 13.2 Å². The molecule has 0 radical (unpaired) electrons. The van der Waals surface area contributed by atoms with Gasteiger partial charge in [-0.15, -0.1) is 0 Å². The van der Waals surface area contributed by atoms with Crippen molar-refractivity contribution >= 4 is 5.82 Å². The highest BCUT2D eigenvalue weighted by atomic mass is 19.4. The monoisotopic (exact) mass is 304 g/mol. The number of nitrogens with zero attached hydrogens (tertiary/aromatic N) is 3. The number of likely N-dealkylation sites (tertiary alicyclic amines) is 1. The molecular formula is C14H23F3N4. The zero-order valence-corrected chi connectivity index (χ0v) is 12.7. The molecule has 1 atom stereocenters. The van der Waals surface area contributed by atoms with E-state index in [1.807, 2.05) is 10.7 Å². The molecule has 0 amide bonds. The van der Waals surface area contributed by atoms with E-state index in [2.05, 4.69) is 25.9 Å². The minimum atomic E-state index is -4.12. The summed E-state index contributed by atoms with van der Waals surface area (Å²) in [5, 5.41) is 4.29. The van der Waals surface area contributed by atoms with Gasteiger partial charge in [0.25, 0.3) is 0 Å². The average Bonchev–Trinajstić information content (AvgIpc) is 2.83. The maximum atomic E-state index is 12.4. The van der Waals surface area contributed by atoms with Gasteiger partial charge in [-0.1, -0.05) is 20.8 Å². The number of nitrogen functional groups attached to an aromatic ring is 1. The molecule has 0 saturated carbocycles. The molecule has 7 heteroatoms. The number of aromatic nitrogens is 2. The Bertz CT molecular complexity index is 487. The van der Waals surface area contributed by atoms with Crippen LogP contribution in [0.25, 0.3) is 0 Å². The van der Waals surface area contributed by atoms with E-state index in [4.69, 9.17) is 5.73 Å². The summed E-state index contributed by atoms with van der Waals surface area (Å²) in [5.74, 6) is 0.651. The van der Waals surface area contributed by atoms with Crippen molar-refractivity contribution in [1.29, 1.82) is 0 Å². The Hall–Kier alpha value is -1.24. The van der Waals surface area contributed by atoms with Crippen molar-refractivity contribution in [2.24, 2.45) is 5.92 Å². The Kier molecular flexibility index (Phi) is 4.24. The van der Waals surface area contributed by atoms with Crippen molar-refractivity contribution in [3.05, 3.63) is 11.8 Å². The fraction of sp³-hybridized carbons (Fsp3) is 0.786. The van der Waals surface area contributed by atoms with Gasteiger partial charge in [0.1, 0.15) is 5.82 Å². The molecule has 1 unspecified atom stereocenters. The average molecular weight is 304 g/mol. The van der Waals surface area contributed by atoms with Gasteiger partial charge >= 0.3 is 6.18 Å². The van der Waals surface area contributed by atoms with E-state index in [1.165, 1.54) is 4.90 Å². The molecule has 1 aromatic rings. The molecule has 1 aliphatic rings. The lowest BCUT2D eigenvalue weighted by atomic mass is 9.92. The number of alkyl halides is 3. The summed E-state index contributed by atoms with van der Waals surface area (Å²) < 4.78 is 39.1. The van der Waals surface area contributed by atoms with Gasteiger partial charge in [-0.2, -0.15) is 18.3 Å². The van der Waals surface area contributed by atoms with Crippen LogP contribution in [-0.4, -0.2) is 40.5 Å². The van der Waals surface area contributed by atoms with Gasteiger partial charge in [0.05, 0.1) is 6.54 Å². The van der Waals surface area contributed by atoms with Crippen LogP contribution >= 0.6 is 0 Å². The van der Waals surface area contributed by atoms with Crippen LogP contribution in [0.3, 0.4) is 0 Å². The molecule has 0 aliphatic carbocycles. The van der Waals surface area contributed by atoms with Crippen LogP contribution in [0.2, 0.25) is 0 Å². The maximum absolute atomic E-state index is 12.4. The molecule has 0 aromatic carbocycles. The van der Waals surface area contributed by atoms with Gasteiger partial charge < -0.3 is 5.73 Å². The smallest absolute Gasteiger partial charge is 0.382 e. The highest BCUT2D eigenvalue weighted by Crippen LogP contribution is 2.27. The molecule has 2 heterocycles. The Morgan fingerprint density at radius 1 is 1.33 bits per heavy atom. The van der Waals surface area contributed by atoms with E-state index in [0.29, 0.717) is 25.5 Å². The van der Waals surface area contributed by atoms with Crippen molar-refractivity contribution in [1.82, 2.24) is 14.7 Å². The lowest BCUT2D eigenvalue weighted by Gasteiger charge is -2.22. The van der Waals surface area contributed by atoms with Gasteiger partial charge in [-0.05, 0) is 18.9 Å². The van der Waals surface area contributed by atoms with Gasteiger partial charge in [-0.25, -0.2) is 0 Å². The SMILES string of the molecule is CC(C)(C)c1cc(N)nn1CC1CCN(CC(F)(F)F)C1. The van der Waals surface area contributed by atoms with Crippen LogP contribution < -0.4 is 5.73 Å². The largest absolute Gasteiger partial charge is 0.401 e. The zero-order chi connectivity index (χ0) is 15.8. The van der Waals surface area contributed by atoms with Crippen LogP contribution in [0, 0.1) is 5.92 Å². The Morgan fingerprint density at radius 3 is 2.57 bits per heavy atom. The van der Waals surface area contributed by atoms with Crippen LogP contribution in [0.1, 0.15) is 32.9 Å². The highest BCUT2D eigenvalue weighted by Gasteiger charge is 2.34. The third-order valence-corrected chi connectivity index (χ3v) is 3.77. The van der Waals surface area contributed by atoms with Gasteiger partial charge in [-0.3, -0.25) is 9.58 Å². The topological polar surface area (TPSA) is 47.1 Å². The maximum Gasteiger partial charge on any atom is 0.401 e. The predicted octanol–water partition coefficient (Wildman–Crippen LogP) is 2.65. The van der Waals surface area contributed by atoms with Crippen LogP contribution in [0.4, 0.5) is 19.0 Å². The first kappa shape index (κ1) is 16.1. The molecule has 1 saturated heterocycles. The number of hydrogen-bond acceptors (Lipinski definition) is 3. The summed E-state index contributed by atoms with van der Waals surface area (Å²) in [4.78, 5) is 1.47. The molecule has 1 aromatic heterocycles. The normalized spacial score (nSPS) is 21.1. The van der Waals surface area contributed by atoms with Crippen molar-refractivity contribution in [2.45, 2.75) is 45.3 Å². The molecule has 0 bridgehead atoms. The van der Waals surface area contributed by atoms with Crippen LogP contribution in [-0.2, 0) is 12.0 Å². The first-order chi connectivity index (χ1) is 9.54. The fourth-order valence-electron chi connectivity index (χ4n) is 2.88. The predicted molar refractivity (Wildman–Crippen MR) is 75.9 cm³/mol. The molecule has 2 rings (SSSR count). The molecule has 2 N–H and O–H groups in total. The Morgan fingerprint density at radius 2 is 2.00 bits per heavy atom. The van der Waals surface area contributed by atoms with E-state index < -0.39 is 12.7 Å². The summed E-state index contributed by atoms with van der Waals surface area (Å²) in [7, 11) is 0. The third kappa shape index (κ3) is 4.36. The van der Waals surface area contributed by atoms with E-state index in [-0.39, 0.29) is 11.3 Å². The van der Waals surface area contributed by atoms with Crippen molar-refractivity contribution in [3.63, 3.8) is 0 Å².